The highest BCUT2D eigenvalue weighted by molar-refractivity contribution is 7.92. The highest BCUT2D eigenvalue weighted by Gasteiger charge is 2.35. The van der Waals surface area contributed by atoms with Gasteiger partial charge < -0.3 is 10.1 Å². The van der Waals surface area contributed by atoms with Gasteiger partial charge in [0.25, 0.3) is 5.91 Å². The van der Waals surface area contributed by atoms with Gasteiger partial charge in [0.15, 0.2) is 6.10 Å². The first-order valence-corrected chi connectivity index (χ1v) is 11.2. The molecule has 2 atom stereocenters. The predicted octanol–water partition coefficient (Wildman–Crippen LogP) is 3.31. The van der Waals surface area contributed by atoms with Gasteiger partial charge in [-0.25, -0.2) is 8.42 Å². The predicted molar refractivity (Wildman–Crippen MR) is 110 cm³/mol. The number of hydrogen-bond donors (Lipinski definition) is 1. The Morgan fingerprint density at radius 1 is 1.29 bits per heavy atom. The summed E-state index contributed by atoms with van der Waals surface area (Å²) in [7, 11) is -3.60. The molecule has 2 aromatic carbocycles. The summed E-state index contributed by atoms with van der Waals surface area (Å²) in [5.41, 5.74) is 2.52. The number of halogens is 1. The van der Waals surface area contributed by atoms with E-state index in [0.717, 1.165) is 22.5 Å². The van der Waals surface area contributed by atoms with E-state index in [1.165, 1.54) is 11.6 Å². The van der Waals surface area contributed by atoms with Gasteiger partial charge >= 0.3 is 0 Å². The number of carbonyl (C=O) groups excluding carboxylic acids is 1. The molecule has 0 bridgehead atoms. The summed E-state index contributed by atoms with van der Waals surface area (Å²) in [6, 6.07) is 12.5. The second-order valence-corrected chi connectivity index (χ2v) is 9.18. The molecule has 1 N–H and O–H groups in total. The number of carbonyl (C=O) groups is 1. The maximum absolute atomic E-state index is 12.8. The Morgan fingerprint density at radius 2 is 1.96 bits per heavy atom. The molecule has 0 spiro atoms. The normalized spacial score (nSPS) is 17.4. The van der Waals surface area contributed by atoms with Gasteiger partial charge in [0.2, 0.25) is 10.0 Å². The highest BCUT2D eigenvalue weighted by Crippen LogP contribution is 2.37. The molecule has 6 nitrogen and oxygen atoms in total. The molecule has 0 fully saturated rings. The van der Waals surface area contributed by atoms with Crippen LogP contribution >= 0.6 is 11.6 Å². The van der Waals surface area contributed by atoms with Gasteiger partial charge in [-0.1, -0.05) is 42.8 Å². The summed E-state index contributed by atoms with van der Waals surface area (Å²) in [4.78, 5) is 12.8. The molecule has 0 aromatic heterocycles. The SMILES string of the molecule is CCc1ccc([C@@H](C)NC(=O)[C@H]2CN(S(C)(=O)=O)c3cc(Cl)ccc3O2)cc1. The highest BCUT2D eigenvalue weighted by atomic mass is 35.5. The lowest BCUT2D eigenvalue weighted by molar-refractivity contribution is -0.128. The van der Waals surface area contributed by atoms with Gasteiger partial charge in [-0.15, -0.1) is 0 Å². The molecular weight excluding hydrogens is 400 g/mol. The fourth-order valence-corrected chi connectivity index (χ4v) is 4.18. The number of sulfonamides is 1. The van der Waals surface area contributed by atoms with Crippen LogP contribution < -0.4 is 14.4 Å². The van der Waals surface area contributed by atoms with Gasteiger partial charge in [0.05, 0.1) is 24.5 Å². The number of rotatable bonds is 5. The zero-order valence-electron chi connectivity index (χ0n) is 16.0. The molecule has 0 saturated heterocycles. The summed E-state index contributed by atoms with van der Waals surface area (Å²) in [5.74, 6) is -0.0671. The monoisotopic (exact) mass is 422 g/mol. The van der Waals surface area contributed by atoms with E-state index < -0.39 is 16.1 Å². The van der Waals surface area contributed by atoms with E-state index >= 15 is 0 Å². The number of ether oxygens (including phenoxy) is 1. The number of fused-ring (bicyclic) bond motifs is 1. The Morgan fingerprint density at radius 3 is 2.57 bits per heavy atom. The van der Waals surface area contributed by atoms with Crippen LogP contribution in [-0.2, 0) is 21.2 Å². The maximum Gasteiger partial charge on any atom is 0.263 e. The zero-order chi connectivity index (χ0) is 20.5. The van der Waals surface area contributed by atoms with Crippen molar-refractivity contribution < 1.29 is 17.9 Å². The minimum Gasteiger partial charge on any atom is -0.476 e. The maximum atomic E-state index is 12.8. The summed E-state index contributed by atoms with van der Waals surface area (Å²) < 4.78 is 31.4. The molecule has 0 unspecified atom stereocenters. The summed E-state index contributed by atoms with van der Waals surface area (Å²) >= 11 is 5.99. The molecule has 1 amide bonds. The van der Waals surface area contributed by atoms with Crippen molar-refractivity contribution in [2.45, 2.75) is 32.4 Å². The first kappa shape index (κ1) is 20.5. The third kappa shape index (κ3) is 4.42. The molecule has 28 heavy (non-hydrogen) atoms. The van der Waals surface area contributed by atoms with Crippen molar-refractivity contribution in [3.8, 4) is 5.75 Å². The first-order chi connectivity index (χ1) is 13.2. The minimum atomic E-state index is -3.60. The van der Waals surface area contributed by atoms with E-state index in [1.807, 2.05) is 31.2 Å². The average molecular weight is 423 g/mol. The minimum absolute atomic E-state index is 0.112. The number of anilines is 1. The van der Waals surface area contributed by atoms with Gasteiger partial charge in [0, 0.05) is 5.02 Å². The Balaban J connectivity index is 1.79. The molecule has 0 saturated carbocycles. The van der Waals surface area contributed by atoms with Crippen LogP contribution in [0.5, 0.6) is 5.75 Å². The van der Waals surface area contributed by atoms with E-state index in [-0.39, 0.29) is 18.5 Å². The lowest BCUT2D eigenvalue weighted by Gasteiger charge is -2.34. The average Bonchev–Trinajstić information content (AvgIpc) is 2.66. The third-order valence-electron chi connectivity index (χ3n) is 4.73. The summed E-state index contributed by atoms with van der Waals surface area (Å²) in [5, 5.41) is 3.30. The van der Waals surface area contributed by atoms with Crippen molar-refractivity contribution in [3.63, 3.8) is 0 Å². The van der Waals surface area contributed by atoms with E-state index in [4.69, 9.17) is 16.3 Å². The molecule has 8 heteroatoms. The first-order valence-electron chi connectivity index (χ1n) is 9.02. The molecule has 3 rings (SSSR count). The molecule has 1 heterocycles. The molecule has 0 aliphatic carbocycles. The second kappa shape index (κ2) is 8.01. The fraction of sp³-hybridized carbons (Fsp3) is 0.350. The van der Waals surface area contributed by atoms with E-state index in [1.54, 1.807) is 12.1 Å². The number of amides is 1. The van der Waals surface area contributed by atoms with Crippen LogP contribution in [0.1, 0.15) is 31.0 Å². The van der Waals surface area contributed by atoms with Crippen LogP contribution in [0.4, 0.5) is 5.69 Å². The Kier molecular flexibility index (Phi) is 5.86. The second-order valence-electron chi connectivity index (χ2n) is 6.84. The van der Waals surface area contributed by atoms with E-state index in [2.05, 4.69) is 12.2 Å². The van der Waals surface area contributed by atoms with Crippen LogP contribution in [0.2, 0.25) is 5.02 Å². The topological polar surface area (TPSA) is 75.7 Å². The van der Waals surface area contributed by atoms with Gasteiger partial charge in [-0.2, -0.15) is 0 Å². The van der Waals surface area contributed by atoms with Crippen molar-refractivity contribution in [3.05, 3.63) is 58.6 Å². The lowest BCUT2D eigenvalue weighted by Crippen LogP contribution is -2.50. The van der Waals surface area contributed by atoms with Crippen molar-refractivity contribution in [2.75, 3.05) is 17.1 Å². The quantitative estimate of drug-likeness (QED) is 0.802. The number of aryl methyl sites for hydroxylation is 1. The van der Waals surface area contributed by atoms with Crippen LogP contribution in [0.3, 0.4) is 0 Å². The standard InChI is InChI=1S/C20H23ClN2O4S/c1-4-14-5-7-15(8-6-14)13(2)22-20(24)19-12-23(28(3,25)26)17-11-16(21)9-10-18(17)27-19/h5-11,13,19H,4,12H2,1-3H3,(H,22,24)/t13-,19-/m1/s1. The lowest BCUT2D eigenvalue weighted by atomic mass is 10.0. The molecule has 0 radical (unpaired) electrons. The molecule has 150 valence electrons. The largest absolute Gasteiger partial charge is 0.476 e. The summed E-state index contributed by atoms with van der Waals surface area (Å²) in [6.45, 7) is 3.85. The zero-order valence-corrected chi connectivity index (χ0v) is 17.5. The van der Waals surface area contributed by atoms with Gasteiger partial charge in [-0.3, -0.25) is 9.10 Å². The van der Waals surface area contributed by atoms with Crippen LogP contribution in [0.15, 0.2) is 42.5 Å². The molecule has 2 aromatic rings. The van der Waals surface area contributed by atoms with Gasteiger partial charge in [-0.05, 0) is 42.7 Å². The van der Waals surface area contributed by atoms with E-state index in [0.29, 0.717) is 16.5 Å². The fourth-order valence-electron chi connectivity index (χ4n) is 3.11. The number of nitrogens with one attached hydrogen (secondary N) is 1. The third-order valence-corrected chi connectivity index (χ3v) is 6.11. The summed E-state index contributed by atoms with van der Waals surface area (Å²) in [6.07, 6.45) is 1.08. The van der Waals surface area contributed by atoms with Crippen molar-refractivity contribution in [1.29, 1.82) is 0 Å². The Hall–Kier alpha value is -2.25. The smallest absolute Gasteiger partial charge is 0.263 e. The Bertz CT molecular complexity index is 976. The molecule has 1 aliphatic rings. The van der Waals surface area contributed by atoms with Gasteiger partial charge in [0.1, 0.15) is 5.75 Å². The van der Waals surface area contributed by atoms with E-state index in [9.17, 15) is 13.2 Å². The molecular formula is C20H23ClN2O4S. The van der Waals surface area contributed by atoms with Crippen molar-refractivity contribution in [1.82, 2.24) is 5.32 Å². The van der Waals surface area contributed by atoms with Crippen LogP contribution in [0, 0.1) is 0 Å². The number of benzene rings is 2. The Labute approximate surface area is 170 Å². The van der Waals surface area contributed by atoms with Crippen molar-refractivity contribution in [2.24, 2.45) is 0 Å². The van der Waals surface area contributed by atoms with Crippen molar-refractivity contribution >= 4 is 33.2 Å². The number of hydrogen-bond acceptors (Lipinski definition) is 4. The molecule has 1 aliphatic heterocycles. The van der Waals surface area contributed by atoms with Crippen LogP contribution in [0.25, 0.3) is 0 Å². The van der Waals surface area contributed by atoms with Crippen LogP contribution in [-0.4, -0.2) is 33.2 Å². The number of nitrogens with zero attached hydrogens (tertiary/aromatic N) is 1.